The molecule has 0 aromatic heterocycles. The van der Waals surface area contributed by atoms with Crippen LogP contribution in [0.4, 0.5) is 0 Å². The van der Waals surface area contributed by atoms with Gasteiger partial charge in [0.1, 0.15) is 0 Å². The molecule has 0 radical (unpaired) electrons. The summed E-state index contributed by atoms with van der Waals surface area (Å²) < 4.78 is 0. The van der Waals surface area contributed by atoms with Crippen molar-refractivity contribution in [2.24, 2.45) is 10.9 Å². The Morgan fingerprint density at radius 1 is 1.10 bits per heavy atom. The smallest absolute Gasteiger partial charge is 0.225 e. The van der Waals surface area contributed by atoms with Crippen LogP contribution in [-0.2, 0) is 10.2 Å². The minimum absolute atomic E-state index is 0.00703. The fourth-order valence-electron chi connectivity index (χ4n) is 4.04. The second kappa shape index (κ2) is 10.8. The Morgan fingerprint density at radius 2 is 1.80 bits per heavy atom. The summed E-state index contributed by atoms with van der Waals surface area (Å²) in [6, 6.07) is 10.6. The Labute approximate surface area is 182 Å². The number of guanidine groups is 1. The van der Waals surface area contributed by atoms with Crippen molar-refractivity contribution in [1.82, 2.24) is 20.4 Å². The van der Waals surface area contributed by atoms with E-state index < -0.39 is 0 Å². The van der Waals surface area contributed by atoms with Crippen LogP contribution in [0.3, 0.4) is 0 Å². The average molecular weight is 414 g/mol. The number of hydrogen-bond donors (Lipinski definition) is 2. The van der Waals surface area contributed by atoms with E-state index in [1.54, 1.807) is 0 Å². The molecule has 0 spiro atoms. The molecule has 2 aliphatic rings. The second-order valence-electron chi connectivity index (χ2n) is 9.17. The highest BCUT2D eigenvalue weighted by Gasteiger charge is 2.31. The normalized spacial score (nSPS) is 18.8. The van der Waals surface area contributed by atoms with Crippen LogP contribution in [0.2, 0.25) is 0 Å². The van der Waals surface area contributed by atoms with Gasteiger partial charge in [-0.2, -0.15) is 0 Å². The molecule has 1 heterocycles. The minimum Gasteiger partial charge on any atom is -0.357 e. The topological polar surface area (TPSA) is 60.0 Å². The highest BCUT2D eigenvalue weighted by molar-refractivity contribution is 5.80. The lowest BCUT2D eigenvalue weighted by atomic mass is 9.84. The zero-order valence-electron chi connectivity index (χ0n) is 19.0. The third-order valence-electron chi connectivity index (χ3n) is 6.39. The number of nitrogens with zero attached hydrogens (tertiary/aromatic N) is 3. The number of nitrogens with one attached hydrogen (secondary N) is 2. The first-order chi connectivity index (χ1) is 14.5. The molecule has 30 heavy (non-hydrogen) atoms. The van der Waals surface area contributed by atoms with E-state index in [9.17, 15) is 4.79 Å². The third-order valence-corrected chi connectivity index (χ3v) is 6.39. The molecule has 0 unspecified atom stereocenters. The lowest BCUT2D eigenvalue weighted by Gasteiger charge is -2.38. The van der Waals surface area contributed by atoms with Crippen molar-refractivity contribution in [1.29, 1.82) is 0 Å². The van der Waals surface area contributed by atoms with Gasteiger partial charge in [0.2, 0.25) is 5.91 Å². The van der Waals surface area contributed by atoms with E-state index >= 15 is 0 Å². The molecule has 0 atom stereocenters. The Morgan fingerprint density at radius 3 is 2.40 bits per heavy atom. The zero-order chi connectivity index (χ0) is 21.4. The van der Waals surface area contributed by atoms with Gasteiger partial charge in [-0.25, -0.2) is 0 Å². The fourth-order valence-corrected chi connectivity index (χ4v) is 4.04. The van der Waals surface area contributed by atoms with Crippen molar-refractivity contribution in [2.75, 3.05) is 52.4 Å². The number of amides is 1. The number of benzene rings is 1. The maximum absolute atomic E-state index is 12.4. The first-order valence-corrected chi connectivity index (χ1v) is 11.6. The van der Waals surface area contributed by atoms with Crippen LogP contribution in [0.25, 0.3) is 0 Å². The van der Waals surface area contributed by atoms with Crippen LogP contribution < -0.4 is 10.6 Å². The average Bonchev–Trinajstić information content (AvgIpc) is 2.72. The van der Waals surface area contributed by atoms with Crippen LogP contribution in [-0.4, -0.2) is 74.0 Å². The minimum atomic E-state index is -0.00703. The molecule has 2 fully saturated rings. The summed E-state index contributed by atoms with van der Waals surface area (Å²) >= 11 is 0. The highest BCUT2D eigenvalue weighted by Crippen LogP contribution is 2.28. The summed E-state index contributed by atoms with van der Waals surface area (Å²) in [5, 5.41) is 6.84. The second-order valence-corrected chi connectivity index (χ2v) is 9.17. The summed E-state index contributed by atoms with van der Waals surface area (Å²) in [6.45, 7) is 13.6. The molecule has 1 aliphatic heterocycles. The number of aliphatic imine (C=N–C) groups is 1. The highest BCUT2D eigenvalue weighted by atomic mass is 16.2. The predicted octanol–water partition coefficient (Wildman–Crippen LogP) is 2.46. The Kier molecular flexibility index (Phi) is 8.14. The summed E-state index contributed by atoms with van der Waals surface area (Å²) in [5.74, 6) is 1.58. The van der Waals surface area contributed by atoms with Crippen LogP contribution in [0.1, 0.15) is 45.6 Å². The standard InChI is InChI=1S/C24H39N5O/c1-4-25-23(27-19-24(2,3)21-11-6-5-7-12-21)26-13-14-28-15-17-29(18-16-28)22(30)20-9-8-10-20/h5-7,11-12,20H,4,8-10,13-19H2,1-3H3,(H2,25,26,27). The molecule has 1 amide bonds. The maximum Gasteiger partial charge on any atom is 0.225 e. The summed E-state index contributed by atoms with van der Waals surface area (Å²) in [5.41, 5.74) is 1.30. The molecule has 0 bridgehead atoms. The van der Waals surface area contributed by atoms with Gasteiger partial charge in [-0.05, 0) is 25.3 Å². The third kappa shape index (κ3) is 6.21. The molecule has 3 rings (SSSR count). The number of carbonyl (C=O) groups is 1. The Balaban J connectivity index is 1.41. The van der Waals surface area contributed by atoms with Gasteiger partial charge in [-0.15, -0.1) is 0 Å². The van der Waals surface area contributed by atoms with E-state index in [1.165, 1.54) is 12.0 Å². The number of hydrogen-bond acceptors (Lipinski definition) is 3. The van der Waals surface area contributed by atoms with Gasteiger partial charge in [0.05, 0.1) is 6.54 Å². The quantitative estimate of drug-likeness (QED) is 0.508. The van der Waals surface area contributed by atoms with E-state index in [-0.39, 0.29) is 5.41 Å². The van der Waals surface area contributed by atoms with E-state index in [0.717, 1.165) is 71.2 Å². The van der Waals surface area contributed by atoms with Crippen LogP contribution in [0.15, 0.2) is 35.3 Å². The van der Waals surface area contributed by atoms with Gasteiger partial charge >= 0.3 is 0 Å². The van der Waals surface area contributed by atoms with E-state index in [0.29, 0.717) is 11.8 Å². The maximum atomic E-state index is 12.4. The van der Waals surface area contributed by atoms with Crippen molar-refractivity contribution in [2.45, 2.75) is 45.4 Å². The van der Waals surface area contributed by atoms with E-state index in [2.05, 4.69) is 71.5 Å². The van der Waals surface area contributed by atoms with Gasteiger partial charge in [0.25, 0.3) is 0 Å². The van der Waals surface area contributed by atoms with Crippen molar-refractivity contribution >= 4 is 11.9 Å². The molecule has 2 N–H and O–H groups in total. The molecular formula is C24H39N5O. The molecule has 6 nitrogen and oxygen atoms in total. The molecule has 1 saturated heterocycles. The van der Waals surface area contributed by atoms with Gasteiger partial charge < -0.3 is 15.5 Å². The summed E-state index contributed by atoms with van der Waals surface area (Å²) in [6.07, 6.45) is 3.41. The summed E-state index contributed by atoms with van der Waals surface area (Å²) in [4.78, 5) is 21.7. The molecule has 1 aromatic carbocycles. The molecular weight excluding hydrogens is 374 g/mol. The molecule has 6 heteroatoms. The Bertz CT molecular complexity index is 691. The molecule has 166 valence electrons. The first-order valence-electron chi connectivity index (χ1n) is 11.6. The summed E-state index contributed by atoms with van der Waals surface area (Å²) in [7, 11) is 0. The van der Waals surface area contributed by atoms with Gasteiger partial charge in [0.15, 0.2) is 5.96 Å². The zero-order valence-corrected chi connectivity index (χ0v) is 19.0. The van der Waals surface area contributed by atoms with E-state index in [4.69, 9.17) is 4.99 Å². The van der Waals surface area contributed by atoms with Gasteiger partial charge in [-0.3, -0.25) is 14.7 Å². The van der Waals surface area contributed by atoms with Crippen LogP contribution in [0, 0.1) is 5.92 Å². The van der Waals surface area contributed by atoms with Crippen molar-refractivity contribution in [3.05, 3.63) is 35.9 Å². The monoisotopic (exact) mass is 413 g/mol. The lowest BCUT2D eigenvalue weighted by molar-refractivity contribution is -0.139. The SMILES string of the molecule is CCNC(=NCC(C)(C)c1ccccc1)NCCN1CCN(C(=O)C2CCC2)CC1. The number of carbonyl (C=O) groups excluding carboxylic acids is 1. The van der Waals surface area contributed by atoms with Crippen LogP contribution in [0.5, 0.6) is 0 Å². The van der Waals surface area contributed by atoms with Crippen molar-refractivity contribution in [3.8, 4) is 0 Å². The van der Waals surface area contributed by atoms with E-state index in [1.807, 2.05) is 0 Å². The Hall–Kier alpha value is -2.08. The number of piperazine rings is 1. The van der Waals surface area contributed by atoms with Crippen molar-refractivity contribution < 1.29 is 4.79 Å². The largest absolute Gasteiger partial charge is 0.357 e. The lowest BCUT2D eigenvalue weighted by Crippen LogP contribution is -2.52. The van der Waals surface area contributed by atoms with Gasteiger partial charge in [-0.1, -0.05) is 50.6 Å². The molecule has 1 aliphatic carbocycles. The van der Waals surface area contributed by atoms with Crippen LogP contribution >= 0.6 is 0 Å². The van der Waals surface area contributed by atoms with Crippen molar-refractivity contribution in [3.63, 3.8) is 0 Å². The molecule has 1 saturated carbocycles. The first kappa shape index (κ1) is 22.6. The fraction of sp³-hybridized carbons (Fsp3) is 0.667. The number of rotatable bonds is 8. The predicted molar refractivity (Wildman–Crippen MR) is 124 cm³/mol. The van der Waals surface area contributed by atoms with Gasteiger partial charge in [0, 0.05) is 57.1 Å². The molecule has 1 aromatic rings.